The van der Waals surface area contributed by atoms with Crippen molar-refractivity contribution in [3.8, 4) is 5.75 Å². The molecule has 0 saturated heterocycles. The molecule has 1 amide bonds. The highest BCUT2D eigenvalue weighted by molar-refractivity contribution is 7.17. The van der Waals surface area contributed by atoms with Gasteiger partial charge in [-0.25, -0.2) is 4.79 Å². The molecule has 1 aliphatic heterocycles. The Balaban J connectivity index is 0.00000280. The number of ether oxygens (including phenoxy) is 2. The molecule has 0 fully saturated rings. The second-order valence-electron chi connectivity index (χ2n) is 6.28. The first-order valence-corrected chi connectivity index (χ1v) is 9.87. The largest absolute Gasteiger partial charge is 0.493 e. The number of thiophene rings is 1. The number of likely N-dealkylation sites (N-methyl/N-ethyl adjacent to an activating group) is 1. The number of nitrogens with zero attached hydrogens (tertiary/aromatic N) is 1. The molecule has 0 spiro atoms. The Morgan fingerprint density at radius 3 is 2.68 bits per heavy atom. The zero-order chi connectivity index (χ0) is 19.2. The summed E-state index contributed by atoms with van der Waals surface area (Å²) in [4.78, 5) is 28.1. The molecule has 0 atom stereocenters. The molecule has 2 aromatic rings. The van der Waals surface area contributed by atoms with Crippen molar-refractivity contribution in [2.24, 2.45) is 0 Å². The first-order chi connectivity index (χ1) is 13.1. The lowest BCUT2D eigenvalue weighted by Gasteiger charge is -2.25. The minimum absolute atomic E-state index is 0. The predicted octanol–water partition coefficient (Wildman–Crippen LogP) is 3.74. The zero-order valence-corrected chi connectivity index (χ0v) is 17.7. The van der Waals surface area contributed by atoms with Gasteiger partial charge in [-0.1, -0.05) is 25.1 Å². The van der Waals surface area contributed by atoms with E-state index >= 15 is 0 Å². The van der Waals surface area contributed by atoms with E-state index < -0.39 is 5.97 Å². The molecule has 8 heteroatoms. The van der Waals surface area contributed by atoms with Gasteiger partial charge in [0, 0.05) is 18.0 Å². The molecule has 0 radical (unpaired) electrons. The number of fused-ring (bicyclic) bond motifs is 1. The number of anilines is 1. The van der Waals surface area contributed by atoms with E-state index in [0.29, 0.717) is 10.6 Å². The topological polar surface area (TPSA) is 67.9 Å². The second-order valence-corrected chi connectivity index (χ2v) is 7.38. The van der Waals surface area contributed by atoms with Gasteiger partial charge in [0.2, 0.25) is 5.91 Å². The number of nitrogens with one attached hydrogen (secondary N) is 1. The van der Waals surface area contributed by atoms with Crippen LogP contribution in [0.5, 0.6) is 5.75 Å². The fourth-order valence-electron chi connectivity index (χ4n) is 3.10. The molecule has 1 aromatic heterocycles. The summed E-state index contributed by atoms with van der Waals surface area (Å²) >= 11 is 1.47. The lowest BCUT2D eigenvalue weighted by Crippen LogP contribution is -2.30. The fourth-order valence-corrected chi connectivity index (χ4v) is 4.39. The number of halogens is 1. The van der Waals surface area contributed by atoms with Crippen LogP contribution in [0, 0.1) is 0 Å². The summed E-state index contributed by atoms with van der Waals surface area (Å²) in [5.74, 6) is 0.155. The van der Waals surface area contributed by atoms with Gasteiger partial charge < -0.3 is 14.8 Å². The quantitative estimate of drug-likeness (QED) is 0.686. The molecule has 1 aromatic carbocycles. The summed E-state index contributed by atoms with van der Waals surface area (Å²) < 4.78 is 10.5. The standard InChI is InChI=1S/C20H24N2O4S.ClH/c1-3-22-11-9-15-16(13-22)27-19(18(15)20(24)25-2)21-17(23)10-12-26-14-7-5-4-6-8-14;/h4-8H,3,9-13H2,1-2H3,(H,21,23);1H. The number of carbonyl (C=O) groups excluding carboxylic acids is 2. The van der Waals surface area contributed by atoms with Crippen molar-refractivity contribution >= 4 is 40.6 Å². The molecule has 1 aliphatic rings. The monoisotopic (exact) mass is 424 g/mol. The van der Waals surface area contributed by atoms with Crippen LogP contribution >= 0.6 is 23.7 Å². The Hall–Kier alpha value is -2.09. The molecular formula is C20H25ClN2O4S. The van der Waals surface area contributed by atoms with E-state index in [1.165, 1.54) is 18.4 Å². The van der Waals surface area contributed by atoms with Crippen LogP contribution in [0.15, 0.2) is 30.3 Å². The van der Waals surface area contributed by atoms with Crippen LogP contribution < -0.4 is 10.1 Å². The Morgan fingerprint density at radius 1 is 1.25 bits per heavy atom. The van der Waals surface area contributed by atoms with Crippen LogP contribution in [-0.2, 0) is 22.5 Å². The van der Waals surface area contributed by atoms with Gasteiger partial charge in [-0.2, -0.15) is 0 Å². The number of rotatable bonds is 7. The number of hydrogen-bond acceptors (Lipinski definition) is 6. The second kappa shape index (κ2) is 10.5. The highest BCUT2D eigenvalue weighted by Crippen LogP contribution is 2.37. The van der Waals surface area contributed by atoms with Gasteiger partial charge in [0.15, 0.2) is 0 Å². The van der Waals surface area contributed by atoms with Crippen LogP contribution in [0.2, 0.25) is 0 Å². The summed E-state index contributed by atoms with van der Waals surface area (Å²) in [6, 6.07) is 9.37. The predicted molar refractivity (Wildman–Crippen MR) is 113 cm³/mol. The number of esters is 1. The van der Waals surface area contributed by atoms with Crippen molar-refractivity contribution in [1.29, 1.82) is 0 Å². The minimum atomic E-state index is -0.395. The Morgan fingerprint density at radius 2 is 2.00 bits per heavy atom. The first kappa shape index (κ1) is 22.2. The third-order valence-corrected chi connectivity index (χ3v) is 5.70. The van der Waals surface area contributed by atoms with Crippen LogP contribution in [0.3, 0.4) is 0 Å². The van der Waals surface area contributed by atoms with Crippen molar-refractivity contribution in [2.45, 2.75) is 26.3 Å². The molecule has 0 unspecified atom stereocenters. The third kappa shape index (κ3) is 5.25. The van der Waals surface area contributed by atoms with E-state index in [1.54, 1.807) is 0 Å². The molecule has 0 aliphatic carbocycles. The van der Waals surface area contributed by atoms with Crippen molar-refractivity contribution in [1.82, 2.24) is 4.90 Å². The Kier molecular flexibility index (Phi) is 8.29. The molecule has 0 bridgehead atoms. The maximum absolute atomic E-state index is 12.4. The van der Waals surface area contributed by atoms with E-state index in [-0.39, 0.29) is 31.3 Å². The van der Waals surface area contributed by atoms with Crippen LogP contribution in [0.25, 0.3) is 0 Å². The number of hydrogen-bond donors (Lipinski definition) is 1. The molecule has 2 heterocycles. The SMILES string of the molecule is CCN1CCc2c(sc(NC(=O)CCOc3ccccc3)c2C(=O)OC)C1.Cl. The number of carbonyl (C=O) groups is 2. The van der Waals surface area contributed by atoms with Crippen LogP contribution in [0.4, 0.5) is 5.00 Å². The summed E-state index contributed by atoms with van der Waals surface area (Å²) in [7, 11) is 1.37. The highest BCUT2D eigenvalue weighted by Gasteiger charge is 2.28. The Bertz CT molecular complexity index is 810. The van der Waals surface area contributed by atoms with Gasteiger partial charge in [-0.3, -0.25) is 9.69 Å². The smallest absolute Gasteiger partial charge is 0.341 e. The summed E-state index contributed by atoms with van der Waals surface area (Å²) in [6.45, 7) is 5.06. The molecule has 3 rings (SSSR count). The van der Waals surface area contributed by atoms with Crippen molar-refractivity contribution in [2.75, 3.05) is 32.1 Å². The minimum Gasteiger partial charge on any atom is -0.493 e. The lowest BCUT2D eigenvalue weighted by molar-refractivity contribution is -0.116. The van der Waals surface area contributed by atoms with Crippen molar-refractivity contribution in [3.05, 3.63) is 46.3 Å². The molecule has 1 N–H and O–H groups in total. The van der Waals surface area contributed by atoms with E-state index in [4.69, 9.17) is 9.47 Å². The molecule has 0 saturated carbocycles. The van der Waals surface area contributed by atoms with Gasteiger partial charge >= 0.3 is 5.97 Å². The number of methoxy groups -OCH3 is 1. The normalized spacial score (nSPS) is 13.2. The van der Waals surface area contributed by atoms with Gasteiger partial charge in [-0.15, -0.1) is 23.7 Å². The van der Waals surface area contributed by atoms with Gasteiger partial charge in [0.1, 0.15) is 10.8 Å². The summed E-state index contributed by atoms with van der Waals surface area (Å²) in [5.41, 5.74) is 1.51. The molecule has 152 valence electrons. The maximum atomic E-state index is 12.4. The zero-order valence-electron chi connectivity index (χ0n) is 16.0. The van der Waals surface area contributed by atoms with Crippen LogP contribution in [0.1, 0.15) is 34.1 Å². The first-order valence-electron chi connectivity index (χ1n) is 9.05. The van der Waals surface area contributed by atoms with Crippen molar-refractivity contribution in [3.63, 3.8) is 0 Å². The Labute approximate surface area is 175 Å². The van der Waals surface area contributed by atoms with Gasteiger partial charge in [0.25, 0.3) is 0 Å². The van der Waals surface area contributed by atoms with E-state index in [0.717, 1.165) is 42.2 Å². The fraction of sp³-hybridized carbons (Fsp3) is 0.400. The summed E-state index contributed by atoms with van der Waals surface area (Å²) in [5, 5.41) is 3.46. The van der Waals surface area contributed by atoms with E-state index in [9.17, 15) is 9.59 Å². The maximum Gasteiger partial charge on any atom is 0.341 e. The third-order valence-electron chi connectivity index (χ3n) is 4.57. The molecule has 6 nitrogen and oxygen atoms in total. The number of para-hydroxylation sites is 1. The average molecular weight is 425 g/mol. The van der Waals surface area contributed by atoms with Crippen LogP contribution in [-0.4, -0.2) is 43.6 Å². The molecule has 28 heavy (non-hydrogen) atoms. The number of amides is 1. The van der Waals surface area contributed by atoms with Gasteiger partial charge in [-0.05, 0) is 30.7 Å². The van der Waals surface area contributed by atoms with Crippen molar-refractivity contribution < 1.29 is 19.1 Å². The highest BCUT2D eigenvalue weighted by atomic mass is 35.5. The number of benzene rings is 1. The summed E-state index contributed by atoms with van der Waals surface area (Å²) in [6.07, 6.45) is 0.996. The molecular weight excluding hydrogens is 400 g/mol. The lowest BCUT2D eigenvalue weighted by atomic mass is 10.0. The van der Waals surface area contributed by atoms with E-state index in [1.807, 2.05) is 30.3 Å². The van der Waals surface area contributed by atoms with Gasteiger partial charge in [0.05, 0.1) is 25.7 Å². The van der Waals surface area contributed by atoms with E-state index in [2.05, 4.69) is 17.1 Å². The average Bonchev–Trinajstić information content (AvgIpc) is 3.04.